The number of para-hydroxylation sites is 1. The summed E-state index contributed by atoms with van der Waals surface area (Å²) in [5.41, 5.74) is 2.66. The number of nitrogens with zero attached hydrogens (tertiary/aromatic N) is 2. The number of methoxy groups -OCH3 is 1. The predicted octanol–water partition coefficient (Wildman–Crippen LogP) is 3.24. The molecule has 1 N–H and O–H groups in total. The molecule has 0 aliphatic carbocycles. The maximum absolute atomic E-state index is 12.9. The van der Waals surface area contributed by atoms with Gasteiger partial charge in [-0.25, -0.2) is 4.79 Å². The van der Waals surface area contributed by atoms with Gasteiger partial charge in [0.1, 0.15) is 17.0 Å². The van der Waals surface area contributed by atoms with E-state index in [4.69, 9.17) is 9.15 Å². The summed E-state index contributed by atoms with van der Waals surface area (Å²) in [7, 11) is 1.58. The summed E-state index contributed by atoms with van der Waals surface area (Å²) in [6.07, 6.45) is 0. The minimum absolute atomic E-state index is 0.0220. The maximum atomic E-state index is 12.9. The molecule has 1 amide bonds. The minimum atomic E-state index is -0.372. The van der Waals surface area contributed by atoms with E-state index in [0.29, 0.717) is 36.7 Å². The molecular weight excluding hydrogens is 394 g/mol. The largest absolute Gasteiger partial charge is 0.497 e. The molecular formula is C24H23N3O4. The van der Waals surface area contributed by atoms with Gasteiger partial charge in [0.15, 0.2) is 0 Å². The maximum Gasteiger partial charge on any atom is 0.336 e. The van der Waals surface area contributed by atoms with Gasteiger partial charge in [-0.1, -0.05) is 18.2 Å². The van der Waals surface area contributed by atoms with E-state index in [0.717, 1.165) is 34.9 Å². The average Bonchev–Trinajstić information content (AvgIpc) is 3.23. The Morgan fingerprint density at radius 2 is 1.87 bits per heavy atom. The molecule has 2 aromatic heterocycles. The van der Waals surface area contributed by atoms with Gasteiger partial charge in [0, 0.05) is 61.1 Å². The third-order valence-corrected chi connectivity index (χ3v) is 5.85. The highest BCUT2D eigenvalue weighted by Crippen LogP contribution is 2.24. The van der Waals surface area contributed by atoms with Crippen LogP contribution in [0, 0.1) is 0 Å². The summed E-state index contributed by atoms with van der Waals surface area (Å²) >= 11 is 0. The van der Waals surface area contributed by atoms with E-state index < -0.39 is 0 Å². The summed E-state index contributed by atoms with van der Waals surface area (Å²) in [5, 5.41) is 1.94. The number of fused-ring (bicyclic) bond motifs is 2. The Balaban J connectivity index is 1.29. The summed E-state index contributed by atoms with van der Waals surface area (Å²) in [4.78, 5) is 32.3. The third kappa shape index (κ3) is 3.80. The first-order valence-corrected chi connectivity index (χ1v) is 10.3. The molecule has 1 aliphatic heterocycles. The number of H-pyrrole nitrogens is 1. The third-order valence-electron chi connectivity index (χ3n) is 5.85. The van der Waals surface area contributed by atoms with Crippen molar-refractivity contribution in [2.45, 2.75) is 6.54 Å². The predicted molar refractivity (Wildman–Crippen MR) is 119 cm³/mol. The van der Waals surface area contributed by atoms with Gasteiger partial charge in [0.25, 0.3) is 5.91 Å². The zero-order valence-electron chi connectivity index (χ0n) is 17.3. The fourth-order valence-electron chi connectivity index (χ4n) is 4.18. The van der Waals surface area contributed by atoms with Crippen LogP contribution in [-0.4, -0.2) is 54.0 Å². The van der Waals surface area contributed by atoms with Crippen molar-refractivity contribution in [2.24, 2.45) is 0 Å². The van der Waals surface area contributed by atoms with Crippen LogP contribution in [0.1, 0.15) is 16.1 Å². The zero-order chi connectivity index (χ0) is 21.4. The van der Waals surface area contributed by atoms with Gasteiger partial charge in [-0.3, -0.25) is 9.69 Å². The number of carbonyl (C=O) groups excluding carboxylic acids is 1. The molecule has 1 saturated heterocycles. The number of rotatable bonds is 4. The number of hydrogen-bond acceptors (Lipinski definition) is 5. The first-order chi connectivity index (χ1) is 15.1. The van der Waals surface area contributed by atoms with Crippen LogP contribution in [0.3, 0.4) is 0 Å². The molecule has 5 rings (SSSR count). The molecule has 7 nitrogen and oxygen atoms in total. The second-order valence-corrected chi connectivity index (χ2v) is 7.79. The molecule has 3 heterocycles. The van der Waals surface area contributed by atoms with Crippen LogP contribution in [0.5, 0.6) is 5.75 Å². The van der Waals surface area contributed by atoms with Crippen LogP contribution in [-0.2, 0) is 6.54 Å². The van der Waals surface area contributed by atoms with E-state index in [1.807, 2.05) is 47.4 Å². The normalized spacial score (nSPS) is 14.9. The second kappa shape index (κ2) is 7.92. The van der Waals surface area contributed by atoms with Crippen LogP contribution >= 0.6 is 0 Å². The van der Waals surface area contributed by atoms with Crippen molar-refractivity contribution in [1.29, 1.82) is 0 Å². The molecule has 4 aromatic rings. The lowest BCUT2D eigenvalue weighted by Crippen LogP contribution is -2.48. The lowest BCUT2D eigenvalue weighted by Gasteiger charge is -2.34. The van der Waals surface area contributed by atoms with Crippen molar-refractivity contribution in [3.8, 4) is 5.75 Å². The molecule has 158 valence electrons. The lowest BCUT2D eigenvalue weighted by atomic mass is 10.1. The van der Waals surface area contributed by atoms with Gasteiger partial charge < -0.3 is 19.0 Å². The number of hydrogen-bond donors (Lipinski definition) is 1. The summed E-state index contributed by atoms with van der Waals surface area (Å²) in [5.74, 6) is 0.672. The van der Waals surface area contributed by atoms with E-state index >= 15 is 0 Å². The van der Waals surface area contributed by atoms with E-state index in [-0.39, 0.29) is 11.5 Å². The van der Waals surface area contributed by atoms with Crippen molar-refractivity contribution in [3.63, 3.8) is 0 Å². The Morgan fingerprint density at radius 1 is 1.06 bits per heavy atom. The smallest absolute Gasteiger partial charge is 0.336 e. The standard InChI is InChI=1S/C24H23N3O4/c1-30-18-6-7-19-17(13-23(28)31-22(19)14-18)15-26-8-10-27(11-9-26)24(29)21-12-16-4-2-3-5-20(16)25-21/h2-7,12-14,25H,8-11,15H2,1H3. The van der Waals surface area contributed by atoms with E-state index in [1.54, 1.807) is 19.2 Å². The molecule has 0 spiro atoms. The van der Waals surface area contributed by atoms with Gasteiger partial charge >= 0.3 is 5.63 Å². The summed E-state index contributed by atoms with van der Waals surface area (Å²) < 4.78 is 10.6. The number of piperazine rings is 1. The number of amides is 1. The molecule has 1 fully saturated rings. The first kappa shape index (κ1) is 19.4. The molecule has 0 radical (unpaired) electrons. The fourth-order valence-corrected chi connectivity index (χ4v) is 4.18. The van der Waals surface area contributed by atoms with Crippen molar-refractivity contribution >= 4 is 27.8 Å². The van der Waals surface area contributed by atoms with Gasteiger partial charge in [-0.15, -0.1) is 0 Å². The van der Waals surface area contributed by atoms with Crippen molar-refractivity contribution < 1.29 is 13.9 Å². The quantitative estimate of drug-likeness (QED) is 0.516. The van der Waals surface area contributed by atoms with Crippen LogP contribution in [0.15, 0.2) is 63.8 Å². The molecule has 0 atom stereocenters. The van der Waals surface area contributed by atoms with Gasteiger partial charge in [-0.2, -0.15) is 0 Å². The number of aromatic nitrogens is 1. The summed E-state index contributed by atoms with van der Waals surface area (Å²) in [6, 6.07) is 16.9. The molecule has 0 saturated carbocycles. The van der Waals surface area contributed by atoms with Crippen LogP contribution < -0.4 is 10.4 Å². The van der Waals surface area contributed by atoms with E-state index in [2.05, 4.69) is 9.88 Å². The molecule has 31 heavy (non-hydrogen) atoms. The summed E-state index contributed by atoms with van der Waals surface area (Å²) in [6.45, 7) is 3.39. The Bertz CT molecular complexity index is 1280. The molecule has 0 bridgehead atoms. The monoisotopic (exact) mass is 417 g/mol. The van der Waals surface area contributed by atoms with Crippen molar-refractivity contribution in [2.75, 3.05) is 33.3 Å². The van der Waals surface area contributed by atoms with E-state index in [1.165, 1.54) is 0 Å². The minimum Gasteiger partial charge on any atom is -0.497 e. The highest BCUT2D eigenvalue weighted by Gasteiger charge is 2.24. The Labute approximate surface area is 178 Å². The Kier molecular flexibility index (Phi) is 4.95. The van der Waals surface area contributed by atoms with Gasteiger partial charge in [0.2, 0.25) is 0 Å². The van der Waals surface area contributed by atoms with Crippen molar-refractivity contribution in [1.82, 2.24) is 14.8 Å². The Hall–Kier alpha value is -3.58. The number of ether oxygens (including phenoxy) is 1. The van der Waals surface area contributed by atoms with E-state index in [9.17, 15) is 9.59 Å². The number of benzene rings is 2. The van der Waals surface area contributed by atoms with Crippen LogP contribution in [0.25, 0.3) is 21.9 Å². The SMILES string of the molecule is COc1ccc2c(CN3CCN(C(=O)c4cc5ccccc5[nH]4)CC3)cc(=O)oc2c1. The highest BCUT2D eigenvalue weighted by atomic mass is 16.5. The molecule has 0 unspecified atom stereocenters. The number of carbonyl (C=O) groups is 1. The molecule has 1 aliphatic rings. The van der Waals surface area contributed by atoms with Crippen LogP contribution in [0.4, 0.5) is 0 Å². The molecule has 2 aromatic carbocycles. The zero-order valence-corrected chi connectivity index (χ0v) is 17.3. The topological polar surface area (TPSA) is 78.8 Å². The lowest BCUT2D eigenvalue weighted by molar-refractivity contribution is 0.0624. The molecule has 7 heteroatoms. The number of aromatic amines is 1. The fraction of sp³-hybridized carbons (Fsp3) is 0.250. The van der Waals surface area contributed by atoms with Crippen LogP contribution in [0.2, 0.25) is 0 Å². The first-order valence-electron chi connectivity index (χ1n) is 10.3. The average molecular weight is 417 g/mol. The van der Waals surface area contributed by atoms with Crippen molar-refractivity contribution in [3.05, 3.63) is 76.3 Å². The Morgan fingerprint density at radius 3 is 2.65 bits per heavy atom. The number of nitrogens with one attached hydrogen (secondary N) is 1. The van der Waals surface area contributed by atoms with Gasteiger partial charge in [0.05, 0.1) is 7.11 Å². The van der Waals surface area contributed by atoms with Gasteiger partial charge in [-0.05, 0) is 29.8 Å². The highest BCUT2D eigenvalue weighted by molar-refractivity contribution is 5.98. The second-order valence-electron chi connectivity index (χ2n) is 7.79.